The van der Waals surface area contributed by atoms with Gasteiger partial charge in [-0.05, 0) is 13.3 Å². The summed E-state index contributed by atoms with van der Waals surface area (Å²) in [7, 11) is 0. The predicted octanol–water partition coefficient (Wildman–Crippen LogP) is -0.205. The van der Waals surface area contributed by atoms with Crippen LogP contribution in [0.25, 0.3) is 0 Å². The molecule has 3 N–H and O–H groups in total. The van der Waals surface area contributed by atoms with Gasteiger partial charge in [-0.2, -0.15) is 0 Å². The van der Waals surface area contributed by atoms with Crippen LogP contribution in [-0.4, -0.2) is 47.5 Å². The third kappa shape index (κ3) is 5.58. The van der Waals surface area contributed by atoms with Crippen molar-refractivity contribution in [2.75, 3.05) is 24.7 Å². The van der Waals surface area contributed by atoms with E-state index in [4.69, 9.17) is 5.73 Å². The fraction of sp³-hybridized carbons (Fsp3) is 0.778. The molecule has 0 aliphatic carbocycles. The first kappa shape index (κ1) is 15.5. The van der Waals surface area contributed by atoms with Crippen LogP contribution in [0.4, 0.5) is 0 Å². The molecule has 1 saturated heterocycles. The van der Waals surface area contributed by atoms with Gasteiger partial charge in [-0.25, -0.2) is 0 Å². The maximum Gasteiger partial charge on any atom is 0.239 e. The topological polar surface area (TPSA) is 75.4 Å². The summed E-state index contributed by atoms with van der Waals surface area (Å²) < 4.78 is 0. The molecule has 0 aromatic rings. The first-order valence-corrected chi connectivity index (χ1v) is 6.13. The maximum atomic E-state index is 11.4. The third-order valence-electron chi connectivity index (χ3n) is 2.08. The zero-order chi connectivity index (χ0) is 11.3. The van der Waals surface area contributed by atoms with Crippen LogP contribution in [0.15, 0.2) is 0 Å². The molecule has 0 spiro atoms. The van der Waals surface area contributed by atoms with Crippen LogP contribution in [0.5, 0.6) is 0 Å². The van der Waals surface area contributed by atoms with E-state index in [0.29, 0.717) is 18.2 Å². The molecule has 0 bridgehead atoms. The number of carbonyl (C=O) groups is 2. The van der Waals surface area contributed by atoms with Crippen molar-refractivity contribution >= 4 is 36.0 Å². The van der Waals surface area contributed by atoms with Gasteiger partial charge in [-0.3, -0.25) is 9.59 Å². The zero-order valence-corrected chi connectivity index (χ0v) is 10.9. The molecule has 1 fully saturated rings. The zero-order valence-electron chi connectivity index (χ0n) is 9.27. The summed E-state index contributed by atoms with van der Waals surface area (Å²) >= 11 is 1.54. The van der Waals surface area contributed by atoms with E-state index in [0.717, 1.165) is 6.42 Å². The van der Waals surface area contributed by atoms with Crippen LogP contribution < -0.4 is 11.1 Å². The molecule has 0 aromatic heterocycles. The molecule has 1 aliphatic heterocycles. The average molecular weight is 268 g/mol. The van der Waals surface area contributed by atoms with Gasteiger partial charge in [0.1, 0.15) is 6.54 Å². The van der Waals surface area contributed by atoms with Crippen LogP contribution >= 0.6 is 24.2 Å². The van der Waals surface area contributed by atoms with Crippen molar-refractivity contribution in [1.29, 1.82) is 0 Å². The average Bonchev–Trinajstić information content (AvgIpc) is 2.51. The molecule has 7 heteroatoms. The maximum absolute atomic E-state index is 11.4. The highest BCUT2D eigenvalue weighted by Crippen LogP contribution is 2.13. The number of carbonyl (C=O) groups excluding carboxylic acids is 2. The Balaban J connectivity index is 0.00000225. The van der Waals surface area contributed by atoms with Gasteiger partial charge in [0.2, 0.25) is 11.8 Å². The lowest BCUT2D eigenvalue weighted by Crippen LogP contribution is -2.39. The summed E-state index contributed by atoms with van der Waals surface area (Å²) in [6.07, 6.45) is 0.758. The largest absolute Gasteiger partial charge is 0.355 e. The molecule has 0 saturated carbocycles. The molecule has 0 radical (unpaired) electrons. The molecule has 1 heterocycles. The minimum absolute atomic E-state index is 0. The molecule has 2 amide bonds. The number of rotatable bonds is 5. The summed E-state index contributed by atoms with van der Waals surface area (Å²) in [5.74, 6) is 1.06. The van der Waals surface area contributed by atoms with E-state index in [1.165, 1.54) is 11.8 Å². The van der Waals surface area contributed by atoms with Gasteiger partial charge in [0.25, 0.3) is 0 Å². The molecule has 1 atom stereocenters. The standard InChI is InChI=1S/C9H17N3O2S.ClH/c1-7(10)2-3-11-8(13)4-12-6-15-5-9(12)14;/h7H,2-6,10H2,1H3,(H,11,13);1H. The molecular weight excluding hydrogens is 250 g/mol. The SMILES string of the molecule is CC(N)CCNC(=O)CN1CSCC1=O.Cl. The summed E-state index contributed by atoms with van der Waals surface area (Å²) in [6.45, 7) is 2.64. The minimum atomic E-state index is -0.105. The first-order chi connectivity index (χ1) is 7.09. The van der Waals surface area contributed by atoms with E-state index in [2.05, 4.69) is 5.32 Å². The Bertz CT molecular complexity index is 251. The predicted molar refractivity (Wildman–Crippen MR) is 67.6 cm³/mol. The van der Waals surface area contributed by atoms with Gasteiger partial charge in [0, 0.05) is 12.6 Å². The van der Waals surface area contributed by atoms with Crippen LogP contribution in [-0.2, 0) is 9.59 Å². The molecule has 5 nitrogen and oxygen atoms in total. The molecule has 0 aromatic carbocycles. The highest BCUT2D eigenvalue weighted by molar-refractivity contribution is 8.00. The van der Waals surface area contributed by atoms with Crippen molar-refractivity contribution in [2.45, 2.75) is 19.4 Å². The highest BCUT2D eigenvalue weighted by Gasteiger charge is 2.22. The van der Waals surface area contributed by atoms with E-state index in [9.17, 15) is 9.59 Å². The molecular formula is C9H18ClN3O2S. The number of thioether (sulfide) groups is 1. The molecule has 1 unspecified atom stereocenters. The second-order valence-electron chi connectivity index (χ2n) is 3.69. The van der Waals surface area contributed by atoms with E-state index < -0.39 is 0 Å². The lowest BCUT2D eigenvalue weighted by Gasteiger charge is -2.14. The van der Waals surface area contributed by atoms with Crippen molar-refractivity contribution in [3.8, 4) is 0 Å². The fourth-order valence-corrected chi connectivity index (χ4v) is 2.11. The monoisotopic (exact) mass is 267 g/mol. The van der Waals surface area contributed by atoms with Crippen molar-refractivity contribution in [3.63, 3.8) is 0 Å². The van der Waals surface area contributed by atoms with Gasteiger partial charge in [0.05, 0.1) is 11.6 Å². The Labute approximate surface area is 106 Å². The quantitative estimate of drug-likeness (QED) is 0.723. The Morgan fingerprint density at radius 3 is 2.88 bits per heavy atom. The minimum Gasteiger partial charge on any atom is -0.355 e. The number of nitrogens with two attached hydrogens (primary N) is 1. The number of nitrogens with one attached hydrogen (secondary N) is 1. The smallest absolute Gasteiger partial charge is 0.239 e. The second-order valence-corrected chi connectivity index (χ2v) is 4.64. The number of hydrogen-bond donors (Lipinski definition) is 2. The summed E-state index contributed by atoms with van der Waals surface area (Å²) in [5.41, 5.74) is 5.55. The highest BCUT2D eigenvalue weighted by atomic mass is 35.5. The summed E-state index contributed by atoms with van der Waals surface area (Å²) in [5, 5.41) is 2.74. The Morgan fingerprint density at radius 2 is 2.38 bits per heavy atom. The van der Waals surface area contributed by atoms with Gasteiger partial charge in [0.15, 0.2) is 0 Å². The number of halogens is 1. The Kier molecular flexibility index (Phi) is 7.53. The van der Waals surface area contributed by atoms with Crippen molar-refractivity contribution in [3.05, 3.63) is 0 Å². The van der Waals surface area contributed by atoms with Crippen molar-refractivity contribution in [1.82, 2.24) is 10.2 Å². The van der Waals surface area contributed by atoms with Crippen LogP contribution in [0.1, 0.15) is 13.3 Å². The van der Waals surface area contributed by atoms with Crippen LogP contribution in [0.2, 0.25) is 0 Å². The van der Waals surface area contributed by atoms with Gasteiger partial charge in [-0.1, -0.05) is 0 Å². The molecule has 1 aliphatic rings. The van der Waals surface area contributed by atoms with Crippen LogP contribution in [0, 0.1) is 0 Å². The fourth-order valence-electron chi connectivity index (χ4n) is 1.21. The second kappa shape index (κ2) is 7.76. The summed E-state index contributed by atoms with van der Waals surface area (Å²) in [4.78, 5) is 24.1. The summed E-state index contributed by atoms with van der Waals surface area (Å²) in [6, 6.07) is 0.0919. The molecule has 1 rings (SSSR count). The van der Waals surface area contributed by atoms with E-state index in [1.54, 1.807) is 4.90 Å². The lowest BCUT2D eigenvalue weighted by molar-refractivity contribution is -0.132. The van der Waals surface area contributed by atoms with Gasteiger partial charge in [-0.15, -0.1) is 24.2 Å². The van der Waals surface area contributed by atoms with Gasteiger partial charge >= 0.3 is 0 Å². The van der Waals surface area contributed by atoms with E-state index >= 15 is 0 Å². The van der Waals surface area contributed by atoms with Crippen LogP contribution in [0.3, 0.4) is 0 Å². The van der Waals surface area contributed by atoms with E-state index in [1.807, 2.05) is 6.92 Å². The normalized spacial score (nSPS) is 16.9. The molecule has 16 heavy (non-hydrogen) atoms. The van der Waals surface area contributed by atoms with Gasteiger partial charge < -0.3 is 16.0 Å². The Hall–Kier alpha value is -0.460. The Morgan fingerprint density at radius 1 is 1.69 bits per heavy atom. The first-order valence-electron chi connectivity index (χ1n) is 4.97. The number of hydrogen-bond acceptors (Lipinski definition) is 4. The third-order valence-corrected chi connectivity index (χ3v) is 3.03. The van der Waals surface area contributed by atoms with E-state index in [-0.39, 0.29) is 36.8 Å². The number of amides is 2. The van der Waals surface area contributed by atoms with Crippen molar-refractivity contribution in [2.24, 2.45) is 5.73 Å². The lowest BCUT2D eigenvalue weighted by atomic mass is 10.2. The number of nitrogens with zero attached hydrogens (tertiary/aromatic N) is 1. The van der Waals surface area contributed by atoms with Crippen molar-refractivity contribution < 1.29 is 9.59 Å². The molecule has 94 valence electrons.